The Hall–Kier alpha value is -1.07. The van der Waals surface area contributed by atoms with Gasteiger partial charge in [-0.05, 0) is 12.3 Å². The summed E-state index contributed by atoms with van der Waals surface area (Å²) in [6.45, 7) is 1.25. The zero-order valence-corrected chi connectivity index (χ0v) is 13.7. The zero-order chi connectivity index (χ0) is 18.3. The van der Waals surface area contributed by atoms with Gasteiger partial charge in [0.25, 0.3) is 0 Å². The second-order valence-electron chi connectivity index (χ2n) is 6.92. The van der Waals surface area contributed by atoms with Crippen LogP contribution < -0.4 is 0 Å². The Morgan fingerprint density at radius 2 is 1.92 bits per heavy atom. The first-order valence-corrected chi connectivity index (χ1v) is 8.33. The number of rotatable bonds is 4. The van der Waals surface area contributed by atoms with Crippen LogP contribution in [0.3, 0.4) is 0 Å². The van der Waals surface area contributed by atoms with Gasteiger partial charge in [0.2, 0.25) is 6.29 Å². The second-order valence-corrected chi connectivity index (χ2v) is 6.92. The van der Waals surface area contributed by atoms with Gasteiger partial charge in [-0.1, -0.05) is 6.92 Å². The number of aliphatic hydroxyl groups is 5. The van der Waals surface area contributed by atoms with Crippen LogP contribution in [-0.2, 0) is 19.0 Å². The third-order valence-corrected chi connectivity index (χ3v) is 5.51. The molecule has 142 valence electrons. The van der Waals surface area contributed by atoms with Gasteiger partial charge in [-0.3, -0.25) is 4.79 Å². The monoisotopic (exact) mass is 360 g/mol. The smallest absolute Gasteiger partial charge is 0.205 e. The number of hydrogen-bond donors (Lipinski definition) is 5. The van der Waals surface area contributed by atoms with Crippen LogP contribution in [0.15, 0.2) is 11.8 Å². The summed E-state index contributed by atoms with van der Waals surface area (Å²) in [6.07, 6.45) is -6.18. The van der Waals surface area contributed by atoms with Gasteiger partial charge in [-0.2, -0.15) is 0 Å². The van der Waals surface area contributed by atoms with Gasteiger partial charge in [0.1, 0.15) is 30.7 Å². The average molecular weight is 360 g/mol. The molecule has 0 unspecified atom stereocenters. The van der Waals surface area contributed by atoms with Crippen molar-refractivity contribution < 1.29 is 44.5 Å². The summed E-state index contributed by atoms with van der Waals surface area (Å²) in [5.41, 5.74) is 0.432. The lowest BCUT2D eigenvalue weighted by Gasteiger charge is -2.43. The van der Waals surface area contributed by atoms with Crippen molar-refractivity contribution >= 4 is 6.29 Å². The summed E-state index contributed by atoms with van der Waals surface area (Å²) in [6, 6.07) is 0. The molecule has 25 heavy (non-hydrogen) atoms. The van der Waals surface area contributed by atoms with Crippen LogP contribution in [0.1, 0.15) is 13.3 Å². The molecule has 2 aliphatic heterocycles. The zero-order valence-electron chi connectivity index (χ0n) is 13.7. The molecule has 1 saturated carbocycles. The molecule has 9 heteroatoms. The molecular formula is C16H24O9. The summed E-state index contributed by atoms with van der Waals surface area (Å²) < 4.78 is 16.5. The van der Waals surface area contributed by atoms with Gasteiger partial charge in [-0.25, -0.2) is 0 Å². The Bertz CT molecular complexity index is 522. The number of fused-ring (bicyclic) bond motifs is 1. The van der Waals surface area contributed by atoms with E-state index in [2.05, 4.69) is 0 Å². The van der Waals surface area contributed by atoms with Crippen LogP contribution in [0, 0.1) is 17.8 Å². The van der Waals surface area contributed by atoms with Gasteiger partial charge in [0, 0.05) is 17.4 Å². The number of hydrogen-bond acceptors (Lipinski definition) is 9. The Morgan fingerprint density at radius 3 is 2.56 bits per heavy atom. The van der Waals surface area contributed by atoms with E-state index >= 15 is 0 Å². The number of carbonyl (C=O) groups is 1. The van der Waals surface area contributed by atoms with Gasteiger partial charge in [-0.15, -0.1) is 0 Å². The lowest BCUT2D eigenvalue weighted by molar-refractivity contribution is -0.342. The molecule has 3 rings (SSSR count). The molecule has 0 aromatic rings. The number of allylic oxidation sites excluding steroid dienone is 1. The van der Waals surface area contributed by atoms with Crippen LogP contribution in [0.5, 0.6) is 0 Å². The normalized spacial score (nSPS) is 49.9. The minimum Gasteiger partial charge on any atom is -0.472 e. The lowest BCUT2D eigenvalue weighted by Crippen LogP contribution is -2.60. The summed E-state index contributed by atoms with van der Waals surface area (Å²) >= 11 is 0. The van der Waals surface area contributed by atoms with Crippen molar-refractivity contribution in [1.82, 2.24) is 0 Å². The maximum Gasteiger partial charge on any atom is 0.205 e. The van der Waals surface area contributed by atoms with E-state index < -0.39 is 49.7 Å². The molecule has 1 aliphatic carbocycles. The van der Waals surface area contributed by atoms with Crippen LogP contribution in [0.4, 0.5) is 0 Å². The largest absolute Gasteiger partial charge is 0.472 e. The van der Waals surface area contributed by atoms with Crippen LogP contribution in [0.2, 0.25) is 0 Å². The van der Waals surface area contributed by atoms with Gasteiger partial charge >= 0.3 is 0 Å². The van der Waals surface area contributed by atoms with Gasteiger partial charge < -0.3 is 39.7 Å². The molecule has 5 N–H and O–H groups in total. The highest BCUT2D eigenvalue weighted by Crippen LogP contribution is 2.46. The minimum absolute atomic E-state index is 0.219. The first-order chi connectivity index (χ1) is 11.9. The molecule has 2 heterocycles. The highest BCUT2D eigenvalue weighted by atomic mass is 16.8. The van der Waals surface area contributed by atoms with Crippen molar-refractivity contribution in [3.05, 3.63) is 11.8 Å². The van der Waals surface area contributed by atoms with E-state index in [-0.39, 0.29) is 17.8 Å². The van der Waals surface area contributed by atoms with Crippen LogP contribution >= 0.6 is 0 Å². The first kappa shape index (κ1) is 18.7. The topological polar surface area (TPSA) is 146 Å². The third-order valence-electron chi connectivity index (χ3n) is 5.51. The second kappa shape index (κ2) is 7.28. The molecule has 10 atom stereocenters. The average Bonchev–Trinajstić information content (AvgIpc) is 2.91. The maximum atomic E-state index is 11.2. The predicted octanol–water partition coefficient (Wildman–Crippen LogP) is -2.12. The van der Waals surface area contributed by atoms with Crippen LogP contribution in [0.25, 0.3) is 0 Å². The van der Waals surface area contributed by atoms with Crippen molar-refractivity contribution in [2.45, 2.75) is 56.4 Å². The van der Waals surface area contributed by atoms with E-state index in [1.54, 1.807) is 0 Å². The van der Waals surface area contributed by atoms with E-state index in [4.69, 9.17) is 14.2 Å². The number of aldehydes is 1. The molecule has 0 amide bonds. The fourth-order valence-corrected chi connectivity index (χ4v) is 3.92. The molecule has 0 bridgehead atoms. The minimum atomic E-state index is -1.55. The Balaban J connectivity index is 1.77. The number of aliphatic hydroxyl groups excluding tert-OH is 5. The lowest BCUT2D eigenvalue weighted by atomic mass is 9.84. The van der Waals surface area contributed by atoms with Crippen molar-refractivity contribution in [3.8, 4) is 0 Å². The van der Waals surface area contributed by atoms with Gasteiger partial charge in [0.05, 0.1) is 19.0 Å². The Kier molecular flexibility index (Phi) is 5.45. The highest BCUT2D eigenvalue weighted by molar-refractivity contribution is 5.74. The van der Waals surface area contributed by atoms with Crippen molar-refractivity contribution in [2.24, 2.45) is 17.8 Å². The van der Waals surface area contributed by atoms with E-state index in [0.29, 0.717) is 18.3 Å². The summed E-state index contributed by atoms with van der Waals surface area (Å²) in [5, 5.41) is 49.1. The van der Waals surface area contributed by atoms with E-state index in [9.17, 15) is 30.3 Å². The SMILES string of the molecule is C[C@H]1[C@H]2[C@H](O[C@H]3O[C@H](CO)[C@@H](O)[C@H](O)[C@H]3O)OC=C(C=O)[C@H]2C[C@@H]1O. The number of ether oxygens (including phenoxy) is 3. The molecular weight excluding hydrogens is 336 g/mol. The molecule has 0 aromatic carbocycles. The van der Waals surface area contributed by atoms with E-state index in [0.717, 1.165) is 0 Å². The Morgan fingerprint density at radius 1 is 1.20 bits per heavy atom. The van der Waals surface area contributed by atoms with Crippen LogP contribution in [-0.4, -0.2) is 81.5 Å². The Labute approximate surface area is 144 Å². The fraction of sp³-hybridized carbons (Fsp3) is 0.812. The van der Waals surface area contributed by atoms with Gasteiger partial charge in [0.15, 0.2) is 6.29 Å². The van der Waals surface area contributed by atoms with Crippen molar-refractivity contribution in [2.75, 3.05) is 6.61 Å². The van der Waals surface area contributed by atoms with Crippen molar-refractivity contribution in [3.63, 3.8) is 0 Å². The fourth-order valence-electron chi connectivity index (χ4n) is 3.92. The molecule has 2 fully saturated rings. The molecule has 1 saturated heterocycles. The predicted molar refractivity (Wildman–Crippen MR) is 80.6 cm³/mol. The first-order valence-electron chi connectivity index (χ1n) is 8.33. The van der Waals surface area contributed by atoms with E-state index in [1.807, 2.05) is 6.92 Å². The van der Waals surface area contributed by atoms with Crippen molar-refractivity contribution in [1.29, 1.82) is 0 Å². The standard InChI is InChI=1S/C16H24O9/c1-6-9(19)2-8-7(3-17)5-23-15(11(6)8)25-16-14(22)13(21)12(20)10(4-18)24-16/h3,5-6,8-16,18-22H,2,4H2,1H3/t6-,8-,9+,10-,11-,12-,13+,14-,15+,16-/m1/s1. The molecule has 0 aromatic heterocycles. The third kappa shape index (κ3) is 3.21. The maximum absolute atomic E-state index is 11.2. The summed E-state index contributed by atoms with van der Waals surface area (Å²) in [5.74, 6) is -0.803. The van der Waals surface area contributed by atoms with E-state index in [1.165, 1.54) is 6.26 Å². The molecule has 3 aliphatic rings. The summed E-state index contributed by atoms with van der Waals surface area (Å²) in [7, 11) is 0. The quantitative estimate of drug-likeness (QED) is 0.355. The number of carbonyl (C=O) groups excluding carboxylic acids is 1. The highest BCUT2D eigenvalue weighted by Gasteiger charge is 2.52. The molecule has 0 radical (unpaired) electrons. The summed E-state index contributed by atoms with van der Waals surface area (Å²) in [4.78, 5) is 11.2. The molecule has 9 nitrogen and oxygen atoms in total. The molecule has 0 spiro atoms.